The highest BCUT2D eigenvalue weighted by atomic mass is 79.9. The first-order valence-corrected chi connectivity index (χ1v) is 6.61. The van der Waals surface area contributed by atoms with Gasteiger partial charge in [-0.05, 0) is 22.0 Å². The molecule has 0 radical (unpaired) electrons. The molecular formula is C9H12BrClN2S. The average molecular weight is 296 g/mol. The number of nitrogens with one attached hydrogen (secondary N) is 1. The van der Waals surface area contributed by atoms with Gasteiger partial charge in [-0.1, -0.05) is 11.6 Å². The zero-order valence-corrected chi connectivity index (χ0v) is 10.9. The highest BCUT2D eigenvalue weighted by molar-refractivity contribution is 9.10. The van der Waals surface area contributed by atoms with Crippen molar-refractivity contribution in [2.75, 3.05) is 26.2 Å². The molecule has 0 aliphatic carbocycles. The summed E-state index contributed by atoms with van der Waals surface area (Å²) in [5.74, 6) is 0. The second kappa shape index (κ2) is 4.94. The molecule has 2 rings (SSSR count). The monoisotopic (exact) mass is 294 g/mol. The molecule has 0 saturated carbocycles. The van der Waals surface area contributed by atoms with E-state index < -0.39 is 0 Å². The van der Waals surface area contributed by atoms with E-state index in [0.29, 0.717) is 0 Å². The largest absolute Gasteiger partial charge is 0.314 e. The van der Waals surface area contributed by atoms with E-state index in [9.17, 15) is 0 Å². The first-order chi connectivity index (χ1) is 6.75. The number of rotatable bonds is 2. The highest BCUT2D eigenvalue weighted by Gasteiger charge is 2.12. The van der Waals surface area contributed by atoms with Crippen LogP contribution in [-0.4, -0.2) is 31.1 Å². The fourth-order valence-electron chi connectivity index (χ4n) is 1.56. The Kier molecular flexibility index (Phi) is 3.85. The van der Waals surface area contributed by atoms with E-state index in [4.69, 9.17) is 11.6 Å². The van der Waals surface area contributed by atoms with Crippen LogP contribution in [0.1, 0.15) is 4.88 Å². The summed E-state index contributed by atoms with van der Waals surface area (Å²) in [6.45, 7) is 5.48. The summed E-state index contributed by atoms with van der Waals surface area (Å²) < 4.78 is 1.88. The number of hydrogen-bond donors (Lipinski definition) is 1. The van der Waals surface area contributed by atoms with Gasteiger partial charge in [-0.3, -0.25) is 4.90 Å². The van der Waals surface area contributed by atoms with Crippen molar-refractivity contribution in [3.8, 4) is 0 Å². The van der Waals surface area contributed by atoms with E-state index in [2.05, 4.69) is 32.2 Å². The molecular weight excluding hydrogens is 284 g/mol. The van der Waals surface area contributed by atoms with Crippen LogP contribution in [0.4, 0.5) is 0 Å². The van der Waals surface area contributed by atoms with Crippen LogP contribution in [0.2, 0.25) is 4.34 Å². The second-order valence-electron chi connectivity index (χ2n) is 3.36. The van der Waals surface area contributed by atoms with Crippen LogP contribution < -0.4 is 5.32 Å². The van der Waals surface area contributed by atoms with Crippen molar-refractivity contribution >= 4 is 38.9 Å². The van der Waals surface area contributed by atoms with Crippen LogP contribution in [0.3, 0.4) is 0 Å². The van der Waals surface area contributed by atoms with E-state index in [1.807, 2.05) is 0 Å². The number of nitrogens with zero attached hydrogens (tertiary/aromatic N) is 1. The van der Waals surface area contributed by atoms with Gasteiger partial charge in [-0.2, -0.15) is 0 Å². The second-order valence-corrected chi connectivity index (χ2v) is 5.95. The lowest BCUT2D eigenvalue weighted by Crippen LogP contribution is -2.42. The van der Waals surface area contributed by atoms with Crippen molar-refractivity contribution < 1.29 is 0 Å². The molecule has 0 spiro atoms. The normalized spacial score (nSPS) is 18.7. The number of thiophene rings is 1. The summed E-state index contributed by atoms with van der Waals surface area (Å²) in [4.78, 5) is 3.79. The molecule has 78 valence electrons. The van der Waals surface area contributed by atoms with E-state index in [1.54, 1.807) is 11.3 Å². The van der Waals surface area contributed by atoms with Gasteiger partial charge in [0.25, 0.3) is 0 Å². The lowest BCUT2D eigenvalue weighted by Gasteiger charge is -2.26. The molecule has 1 aromatic rings. The fraction of sp³-hybridized carbons (Fsp3) is 0.556. The molecule has 0 bridgehead atoms. The van der Waals surface area contributed by atoms with Crippen LogP contribution in [-0.2, 0) is 6.54 Å². The molecule has 0 aromatic carbocycles. The third kappa shape index (κ3) is 2.70. The standard InChI is InChI=1S/C9H12BrClN2S/c10-8-5-7(14-9(8)11)6-13-3-1-12-2-4-13/h5,12H,1-4,6H2. The van der Waals surface area contributed by atoms with Gasteiger partial charge in [0.1, 0.15) is 4.34 Å². The molecule has 1 fully saturated rings. The first kappa shape index (κ1) is 10.9. The summed E-state index contributed by atoms with van der Waals surface area (Å²) in [6, 6.07) is 2.12. The van der Waals surface area contributed by atoms with Crippen LogP contribution in [0.5, 0.6) is 0 Å². The number of halogens is 2. The molecule has 1 aromatic heterocycles. The molecule has 1 aliphatic heterocycles. The molecule has 0 atom stereocenters. The minimum Gasteiger partial charge on any atom is -0.314 e. The SMILES string of the molecule is Clc1sc(CN2CCNCC2)cc1Br. The summed E-state index contributed by atoms with van der Waals surface area (Å²) in [5, 5.41) is 3.34. The molecule has 14 heavy (non-hydrogen) atoms. The first-order valence-electron chi connectivity index (χ1n) is 4.62. The molecule has 0 unspecified atom stereocenters. The number of piperazine rings is 1. The van der Waals surface area contributed by atoms with Gasteiger partial charge in [0.2, 0.25) is 0 Å². The van der Waals surface area contributed by atoms with Crippen LogP contribution in [0, 0.1) is 0 Å². The molecule has 5 heteroatoms. The number of hydrogen-bond acceptors (Lipinski definition) is 3. The zero-order chi connectivity index (χ0) is 9.97. The smallest absolute Gasteiger partial charge is 0.107 e. The van der Waals surface area contributed by atoms with Crippen molar-refractivity contribution in [3.05, 3.63) is 19.8 Å². The minimum absolute atomic E-state index is 0.857. The lowest BCUT2D eigenvalue weighted by molar-refractivity contribution is 0.235. The Bertz CT molecular complexity index is 290. The van der Waals surface area contributed by atoms with Gasteiger partial charge in [0.15, 0.2) is 0 Å². The Morgan fingerprint density at radius 3 is 2.79 bits per heavy atom. The summed E-state index contributed by atoms with van der Waals surface area (Å²) >= 11 is 11.1. The van der Waals surface area contributed by atoms with Crippen molar-refractivity contribution in [2.45, 2.75) is 6.54 Å². The van der Waals surface area contributed by atoms with Crippen molar-refractivity contribution in [1.29, 1.82) is 0 Å². The Balaban J connectivity index is 1.95. The van der Waals surface area contributed by atoms with E-state index in [0.717, 1.165) is 41.5 Å². The van der Waals surface area contributed by atoms with Gasteiger partial charge < -0.3 is 5.32 Å². The predicted octanol–water partition coefficient (Wildman–Crippen LogP) is 2.57. The van der Waals surface area contributed by atoms with Gasteiger partial charge in [-0.15, -0.1) is 11.3 Å². The topological polar surface area (TPSA) is 15.3 Å². The van der Waals surface area contributed by atoms with Crippen molar-refractivity contribution in [2.24, 2.45) is 0 Å². The Hall–Kier alpha value is 0.390. The quantitative estimate of drug-likeness (QED) is 0.902. The highest BCUT2D eigenvalue weighted by Crippen LogP contribution is 2.32. The van der Waals surface area contributed by atoms with Crippen LogP contribution in [0.15, 0.2) is 10.5 Å². The van der Waals surface area contributed by atoms with Crippen molar-refractivity contribution in [1.82, 2.24) is 10.2 Å². The van der Waals surface area contributed by atoms with Gasteiger partial charge in [-0.25, -0.2) is 0 Å². The summed E-state index contributed by atoms with van der Waals surface area (Å²) in [7, 11) is 0. The van der Waals surface area contributed by atoms with E-state index in [-0.39, 0.29) is 0 Å². The molecule has 1 N–H and O–H groups in total. The predicted molar refractivity (Wildman–Crippen MR) is 65.2 cm³/mol. The third-order valence-corrected chi connectivity index (χ3v) is 4.74. The lowest BCUT2D eigenvalue weighted by atomic mass is 10.3. The molecule has 0 amide bonds. The molecule has 2 heterocycles. The Labute approximate surface area is 101 Å². The summed E-state index contributed by atoms with van der Waals surface area (Å²) in [5.41, 5.74) is 0. The fourth-order valence-corrected chi connectivity index (χ4v) is 3.39. The van der Waals surface area contributed by atoms with Gasteiger partial charge >= 0.3 is 0 Å². The van der Waals surface area contributed by atoms with E-state index >= 15 is 0 Å². The molecule has 2 nitrogen and oxygen atoms in total. The zero-order valence-electron chi connectivity index (χ0n) is 7.72. The Morgan fingerprint density at radius 2 is 2.21 bits per heavy atom. The molecule has 1 saturated heterocycles. The average Bonchev–Trinajstić information content (AvgIpc) is 2.47. The van der Waals surface area contributed by atoms with Gasteiger partial charge in [0, 0.05) is 42.1 Å². The van der Waals surface area contributed by atoms with E-state index in [1.165, 1.54) is 4.88 Å². The summed E-state index contributed by atoms with van der Waals surface area (Å²) in [6.07, 6.45) is 0. The van der Waals surface area contributed by atoms with Gasteiger partial charge in [0.05, 0.1) is 0 Å². The maximum absolute atomic E-state index is 5.99. The van der Waals surface area contributed by atoms with Crippen molar-refractivity contribution in [3.63, 3.8) is 0 Å². The maximum atomic E-state index is 5.99. The maximum Gasteiger partial charge on any atom is 0.107 e. The minimum atomic E-state index is 0.857. The van der Waals surface area contributed by atoms with Crippen LogP contribution in [0.25, 0.3) is 0 Å². The third-order valence-electron chi connectivity index (χ3n) is 2.29. The van der Waals surface area contributed by atoms with Crippen LogP contribution >= 0.6 is 38.9 Å². The Morgan fingerprint density at radius 1 is 1.50 bits per heavy atom. The molecule has 1 aliphatic rings.